The molecule has 1 aromatic heterocycles. The van der Waals surface area contributed by atoms with Crippen LogP contribution in [0.4, 0.5) is 5.13 Å². The summed E-state index contributed by atoms with van der Waals surface area (Å²) in [5.74, 6) is 0.163. The van der Waals surface area contributed by atoms with Crippen LogP contribution < -0.4 is 5.32 Å². The molecule has 0 aromatic carbocycles. The minimum absolute atomic E-state index is 0.0765. The molecule has 2 rings (SSSR count). The van der Waals surface area contributed by atoms with Crippen LogP contribution in [0.25, 0.3) is 0 Å². The van der Waals surface area contributed by atoms with Crippen LogP contribution in [-0.2, 0) is 9.53 Å². The molecule has 5 heteroatoms. The Hall–Kier alpha value is -0.940. The van der Waals surface area contributed by atoms with Crippen LogP contribution in [0.1, 0.15) is 18.5 Å². The van der Waals surface area contributed by atoms with Gasteiger partial charge in [0.2, 0.25) is 5.91 Å². The molecule has 1 amide bonds. The zero-order valence-corrected chi connectivity index (χ0v) is 9.47. The molecule has 0 bridgehead atoms. The number of carbonyl (C=O) groups excluding carboxylic acids is 1. The summed E-state index contributed by atoms with van der Waals surface area (Å²) in [6.07, 6.45) is 1.63. The first-order valence-corrected chi connectivity index (χ1v) is 5.94. The fourth-order valence-corrected chi connectivity index (χ4v) is 2.27. The normalized spacial score (nSPS) is 17.7. The van der Waals surface area contributed by atoms with Gasteiger partial charge in [-0.1, -0.05) is 0 Å². The molecule has 1 fully saturated rings. The molecule has 0 atom stereocenters. The minimum Gasteiger partial charge on any atom is -0.381 e. The van der Waals surface area contributed by atoms with Gasteiger partial charge in [-0.15, -0.1) is 11.3 Å². The first-order valence-electron chi connectivity index (χ1n) is 5.06. The van der Waals surface area contributed by atoms with E-state index in [1.807, 2.05) is 12.3 Å². The number of nitrogens with zero attached hydrogens (tertiary/aromatic N) is 1. The molecule has 15 heavy (non-hydrogen) atoms. The van der Waals surface area contributed by atoms with Crippen molar-refractivity contribution in [3.63, 3.8) is 0 Å². The van der Waals surface area contributed by atoms with Crippen molar-refractivity contribution in [3.8, 4) is 0 Å². The molecule has 0 radical (unpaired) electrons. The monoisotopic (exact) mass is 226 g/mol. The summed E-state index contributed by atoms with van der Waals surface area (Å²) in [4.78, 5) is 16.0. The fraction of sp³-hybridized carbons (Fsp3) is 0.600. The van der Waals surface area contributed by atoms with Crippen LogP contribution >= 0.6 is 11.3 Å². The lowest BCUT2D eigenvalue weighted by molar-refractivity contribution is -0.122. The second kappa shape index (κ2) is 4.72. The molecule has 1 aromatic rings. The molecule has 82 valence electrons. The van der Waals surface area contributed by atoms with Gasteiger partial charge in [0.05, 0.1) is 5.69 Å². The van der Waals surface area contributed by atoms with E-state index < -0.39 is 0 Å². The van der Waals surface area contributed by atoms with Crippen LogP contribution in [0, 0.1) is 12.8 Å². The summed E-state index contributed by atoms with van der Waals surface area (Å²) in [6.45, 7) is 3.30. The van der Waals surface area contributed by atoms with Crippen LogP contribution in [0.3, 0.4) is 0 Å². The average Bonchev–Trinajstić information content (AvgIpc) is 2.65. The summed E-state index contributed by atoms with van der Waals surface area (Å²) < 4.78 is 5.21. The molecular formula is C10H14N2O2S. The number of ether oxygens (including phenoxy) is 1. The lowest BCUT2D eigenvalue weighted by atomic mass is 10.00. The van der Waals surface area contributed by atoms with Gasteiger partial charge in [0.15, 0.2) is 5.13 Å². The van der Waals surface area contributed by atoms with E-state index in [9.17, 15) is 4.79 Å². The van der Waals surface area contributed by atoms with Crippen molar-refractivity contribution < 1.29 is 9.53 Å². The Labute approximate surface area is 92.7 Å². The van der Waals surface area contributed by atoms with E-state index in [1.165, 1.54) is 11.3 Å². The van der Waals surface area contributed by atoms with E-state index in [4.69, 9.17) is 4.74 Å². The fourth-order valence-electron chi connectivity index (χ4n) is 1.58. The average molecular weight is 226 g/mol. The van der Waals surface area contributed by atoms with Crippen LogP contribution in [0.15, 0.2) is 5.38 Å². The molecular weight excluding hydrogens is 212 g/mol. The Morgan fingerprint density at radius 3 is 2.93 bits per heavy atom. The van der Waals surface area contributed by atoms with Crippen molar-refractivity contribution in [2.45, 2.75) is 19.8 Å². The highest BCUT2D eigenvalue weighted by Crippen LogP contribution is 2.19. The van der Waals surface area contributed by atoms with Gasteiger partial charge in [-0.25, -0.2) is 4.98 Å². The molecule has 0 unspecified atom stereocenters. The maximum atomic E-state index is 11.8. The number of carbonyl (C=O) groups is 1. The minimum atomic E-state index is 0.0765. The Morgan fingerprint density at radius 1 is 1.60 bits per heavy atom. The molecule has 1 N–H and O–H groups in total. The number of anilines is 1. The van der Waals surface area contributed by atoms with E-state index in [0.717, 1.165) is 18.5 Å². The topological polar surface area (TPSA) is 51.2 Å². The molecule has 0 saturated carbocycles. The van der Waals surface area contributed by atoms with Crippen molar-refractivity contribution in [1.29, 1.82) is 0 Å². The van der Waals surface area contributed by atoms with Gasteiger partial charge in [-0.3, -0.25) is 4.79 Å². The first kappa shape index (κ1) is 10.6. The van der Waals surface area contributed by atoms with Crippen molar-refractivity contribution in [2.75, 3.05) is 18.5 Å². The number of aryl methyl sites for hydroxylation is 1. The van der Waals surface area contributed by atoms with Crippen molar-refractivity contribution in [2.24, 2.45) is 5.92 Å². The zero-order valence-electron chi connectivity index (χ0n) is 8.66. The third-order valence-corrected chi connectivity index (χ3v) is 3.32. The standard InChI is InChI=1S/C10H14N2O2S/c1-7-6-15-10(11-7)12-9(13)8-2-4-14-5-3-8/h6,8H,2-5H2,1H3,(H,11,12,13). The first-order chi connectivity index (χ1) is 7.25. The van der Waals surface area contributed by atoms with E-state index in [0.29, 0.717) is 18.3 Å². The Morgan fingerprint density at radius 2 is 2.33 bits per heavy atom. The number of thiazole rings is 1. The van der Waals surface area contributed by atoms with E-state index in [1.54, 1.807) is 0 Å². The number of hydrogen-bond acceptors (Lipinski definition) is 4. The molecule has 0 aliphatic carbocycles. The van der Waals surface area contributed by atoms with Gasteiger partial charge < -0.3 is 10.1 Å². The molecule has 0 spiro atoms. The third kappa shape index (κ3) is 2.76. The second-order valence-electron chi connectivity index (χ2n) is 3.67. The lowest BCUT2D eigenvalue weighted by Gasteiger charge is -2.20. The number of nitrogens with one attached hydrogen (secondary N) is 1. The van der Waals surface area contributed by atoms with Gasteiger partial charge >= 0.3 is 0 Å². The number of amides is 1. The Balaban J connectivity index is 1.91. The highest BCUT2D eigenvalue weighted by atomic mass is 32.1. The quantitative estimate of drug-likeness (QED) is 0.836. The number of hydrogen-bond donors (Lipinski definition) is 1. The maximum absolute atomic E-state index is 11.8. The zero-order chi connectivity index (χ0) is 10.7. The van der Waals surface area contributed by atoms with E-state index in [-0.39, 0.29) is 11.8 Å². The molecule has 4 nitrogen and oxygen atoms in total. The molecule has 1 saturated heterocycles. The van der Waals surface area contributed by atoms with Crippen LogP contribution in [-0.4, -0.2) is 24.1 Å². The largest absolute Gasteiger partial charge is 0.381 e. The summed E-state index contributed by atoms with van der Waals surface area (Å²) in [7, 11) is 0. The summed E-state index contributed by atoms with van der Waals surface area (Å²) in [6, 6.07) is 0. The van der Waals surface area contributed by atoms with Crippen molar-refractivity contribution in [1.82, 2.24) is 4.98 Å². The highest BCUT2D eigenvalue weighted by molar-refractivity contribution is 7.13. The molecule has 2 heterocycles. The summed E-state index contributed by atoms with van der Waals surface area (Å²) in [5, 5.41) is 5.47. The smallest absolute Gasteiger partial charge is 0.229 e. The molecule has 1 aliphatic heterocycles. The highest BCUT2D eigenvalue weighted by Gasteiger charge is 2.22. The van der Waals surface area contributed by atoms with E-state index in [2.05, 4.69) is 10.3 Å². The van der Waals surface area contributed by atoms with Gasteiger partial charge in [0.25, 0.3) is 0 Å². The van der Waals surface area contributed by atoms with Gasteiger partial charge in [0, 0.05) is 24.5 Å². The molecule has 1 aliphatic rings. The van der Waals surface area contributed by atoms with Gasteiger partial charge in [-0.05, 0) is 19.8 Å². The number of aromatic nitrogens is 1. The van der Waals surface area contributed by atoms with Gasteiger partial charge in [-0.2, -0.15) is 0 Å². The van der Waals surface area contributed by atoms with Crippen LogP contribution in [0.2, 0.25) is 0 Å². The second-order valence-corrected chi connectivity index (χ2v) is 4.53. The van der Waals surface area contributed by atoms with E-state index >= 15 is 0 Å². The number of rotatable bonds is 2. The predicted octanol–water partition coefficient (Wildman–Crippen LogP) is 1.82. The van der Waals surface area contributed by atoms with Crippen molar-refractivity contribution in [3.05, 3.63) is 11.1 Å². The Bertz CT molecular complexity index is 345. The third-order valence-electron chi connectivity index (χ3n) is 2.44. The maximum Gasteiger partial charge on any atom is 0.229 e. The predicted molar refractivity (Wildman–Crippen MR) is 59.0 cm³/mol. The summed E-state index contributed by atoms with van der Waals surface area (Å²) >= 11 is 1.47. The Kier molecular flexibility index (Phi) is 3.33. The summed E-state index contributed by atoms with van der Waals surface area (Å²) in [5.41, 5.74) is 0.947. The SMILES string of the molecule is Cc1csc(NC(=O)C2CCOCC2)n1. The van der Waals surface area contributed by atoms with Crippen LogP contribution in [0.5, 0.6) is 0 Å². The lowest BCUT2D eigenvalue weighted by Crippen LogP contribution is -2.28. The van der Waals surface area contributed by atoms with Gasteiger partial charge in [0.1, 0.15) is 0 Å². The van der Waals surface area contributed by atoms with Crippen molar-refractivity contribution >= 4 is 22.4 Å².